The number of rotatable bonds is 8. The van der Waals surface area contributed by atoms with Crippen molar-refractivity contribution in [2.45, 2.75) is 19.4 Å². The zero-order chi connectivity index (χ0) is 20.9. The van der Waals surface area contributed by atoms with Crippen LogP contribution in [0.2, 0.25) is 0 Å². The lowest BCUT2D eigenvalue weighted by atomic mass is 10.2. The zero-order valence-electron chi connectivity index (χ0n) is 16.9. The van der Waals surface area contributed by atoms with Crippen LogP contribution in [0, 0.1) is 0 Å². The molecule has 0 saturated carbocycles. The number of benzene rings is 2. The first kappa shape index (κ1) is 20.1. The third-order valence-electron chi connectivity index (χ3n) is 5.04. The Morgan fingerprint density at radius 1 is 1.13 bits per heavy atom. The monoisotopic (exact) mass is 411 g/mol. The third kappa shape index (κ3) is 4.86. The smallest absolute Gasteiger partial charge is 0.336 e. The predicted molar refractivity (Wildman–Crippen MR) is 113 cm³/mol. The van der Waals surface area contributed by atoms with Crippen molar-refractivity contribution < 1.29 is 23.7 Å². The third-order valence-corrected chi connectivity index (χ3v) is 5.04. The van der Waals surface area contributed by atoms with Crippen LogP contribution in [0.1, 0.15) is 13.3 Å². The molecule has 0 amide bonds. The van der Waals surface area contributed by atoms with Crippen molar-refractivity contribution in [2.24, 2.45) is 0 Å². The highest BCUT2D eigenvalue weighted by atomic mass is 16.6. The number of phenols is 1. The molecule has 158 valence electrons. The van der Waals surface area contributed by atoms with Gasteiger partial charge in [0.15, 0.2) is 11.5 Å². The summed E-state index contributed by atoms with van der Waals surface area (Å²) in [6.45, 7) is 5.60. The van der Waals surface area contributed by atoms with Gasteiger partial charge in [0.2, 0.25) is 0 Å². The molecule has 7 heteroatoms. The Hall–Kier alpha value is -3.19. The van der Waals surface area contributed by atoms with Crippen LogP contribution in [-0.2, 0) is 0 Å². The standard InChI is InChI=1S/C23H25NO6/c1-2-24(14-19-15-28-20-8-6-17(25)12-22(20)29-19)10-3-11-27-18-7-4-16-5-9-23(26)30-21(16)13-18/h4-9,12-13,19,25H,2-3,10-11,14-15H2,1H3. The molecule has 0 aliphatic carbocycles. The molecule has 1 aliphatic rings. The number of aromatic hydroxyl groups is 1. The van der Waals surface area contributed by atoms with Crippen LogP contribution >= 0.6 is 0 Å². The van der Waals surface area contributed by atoms with E-state index in [0.29, 0.717) is 36.0 Å². The van der Waals surface area contributed by atoms with Crippen molar-refractivity contribution in [2.75, 3.05) is 32.8 Å². The molecular weight excluding hydrogens is 386 g/mol. The van der Waals surface area contributed by atoms with Gasteiger partial charge in [0.1, 0.15) is 29.8 Å². The molecule has 1 aliphatic heterocycles. The Balaban J connectivity index is 1.25. The topological polar surface area (TPSA) is 81.4 Å². The van der Waals surface area contributed by atoms with Crippen LogP contribution in [0.4, 0.5) is 0 Å². The maximum absolute atomic E-state index is 11.4. The van der Waals surface area contributed by atoms with Crippen LogP contribution < -0.4 is 19.8 Å². The molecule has 0 radical (unpaired) electrons. The normalized spacial score (nSPS) is 15.5. The first-order chi connectivity index (χ1) is 14.6. The molecule has 2 heterocycles. The summed E-state index contributed by atoms with van der Waals surface area (Å²) in [5, 5.41) is 10.5. The van der Waals surface area contributed by atoms with Crippen molar-refractivity contribution in [3.05, 3.63) is 59.0 Å². The highest BCUT2D eigenvalue weighted by Gasteiger charge is 2.23. The van der Waals surface area contributed by atoms with Gasteiger partial charge in [0.05, 0.1) is 6.61 Å². The number of nitrogens with zero attached hydrogens (tertiary/aromatic N) is 1. The minimum Gasteiger partial charge on any atom is -0.508 e. The van der Waals surface area contributed by atoms with E-state index in [9.17, 15) is 9.90 Å². The summed E-state index contributed by atoms with van der Waals surface area (Å²) in [7, 11) is 0. The average Bonchev–Trinajstić information content (AvgIpc) is 2.75. The Morgan fingerprint density at radius 2 is 2.00 bits per heavy atom. The van der Waals surface area contributed by atoms with Crippen LogP contribution in [0.25, 0.3) is 11.0 Å². The lowest BCUT2D eigenvalue weighted by Crippen LogP contribution is -2.41. The van der Waals surface area contributed by atoms with E-state index >= 15 is 0 Å². The van der Waals surface area contributed by atoms with Crippen molar-refractivity contribution in [3.63, 3.8) is 0 Å². The molecule has 3 aromatic rings. The fourth-order valence-electron chi connectivity index (χ4n) is 3.47. The van der Waals surface area contributed by atoms with E-state index in [1.54, 1.807) is 30.3 Å². The minimum absolute atomic E-state index is 0.0939. The van der Waals surface area contributed by atoms with Gasteiger partial charge in [-0.1, -0.05) is 6.92 Å². The summed E-state index contributed by atoms with van der Waals surface area (Å²) < 4.78 is 22.7. The number of ether oxygens (including phenoxy) is 3. The number of fused-ring (bicyclic) bond motifs is 2. The Morgan fingerprint density at radius 3 is 2.87 bits per heavy atom. The first-order valence-corrected chi connectivity index (χ1v) is 10.1. The van der Waals surface area contributed by atoms with E-state index in [1.165, 1.54) is 6.07 Å². The first-order valence-electron chi connectivity index (χ1n) is 10.1. The number of likely N-dealkylation sites (N-methyl/N-ethyl adjacent to an activating group) is 1. The lowest BCUT2D eigenvalue weighted by molar-refractivity contribution is 0.0584. The molecule has 0 saturated heterocycles. The molecule has 30 heavy (non-hydrogen) atoms. The van der Waals surface area contributed by atoms with Gasteiger partial charge in [-0.3, -0.25) is 4.90 Å². The van der Waals surface area contributed by atoms with Crippen LogP contribution in [0.3, 0.4) is 0 Å². The van der Waals surface area contributed by atoms with Crippen molar-refractivity contribution in [1.29, 1.82) is 0 Å². The van der Waals surface area contributed by atoms with Gasteiger partial charge in [-0.15, -0.1) is 0 Å². The van der Waals surface area contributed by atoms with Gasteiger partial charge < -0.3 is 23.7 Å². The van der Waals surface area contributed by atoms with Crippen molar-refractivity contribution >= 4 is 11.0 Å². The molecule has 1 atom stereocenters. The van der Waals surface area contributed by atoms with Gasteiger partial charge in [0.25, 0.3) is 0 Å². The fourth-order valence-corrected chi connectivity index (χ4v) is 3.47. The molecule has 7 nitrogen and oxygen atoms in total. The molecule has 1 unspecified atom stereocenters. The SMILES string of the molecule is CCN(CCCOc1ccc2ccc(=O)oc2c1)CC1COc2ccc(O)cc2O1. The molecule has 0 bridgehead atoms. The Kier molecular flexibility index (Phi) is 6.09. The molecule has 2 aromatic carbocycles. The van der Waals surface area contributed by atoms with Crippen molar-refractivity contribution in [1.82, 2.24) is 4.90 Å². The largest absolute Gasteiger partial charge is 0.508 e. The second kappa shape index (κ2) is 9.09. The van der Waals surface area contributed by atoms with Crippen LogP contribution in [-0.4, -0.2) is 49.0 Å². The Labute approximate surface area is 174 Å². The molecule has 0 spiro atoms. The molecule has 1 N–H and O–H groups in total. The second-order valence-electron chi connectivity index (χ2n) is 7.23. The summed E-state index contributed by atoms with van der Waals surface area (Å²) in [5.41, 5.74) is 0.154. The fraction of sp³-hybridized carbons (Fsp3) is 0.348. The van der Waals surface area contributed by atoms with E-state index in [1.807, 2.05) is 12.1 Å². The maximum atomic E-state index is 11.4. The van der Waals surface area contributed by atoms with Crippen LogP contribution in [0.5, 0.6) is 23.0 Å². The van der Waals surface area contributed by atoms with E-state index in [4.69, 9.17) is 18.6 Å². The predicted octanol–water partition coefficient (Wildman–Crippen LogP) is 3.43. The summed E-state index contributed by atoms with van der Waals surface area (Å²) in [5.74, 6) is 2.08. The van der Waals surface area contributed by atoms with E-state index in [0.717, 1.165) is 31.4 Å². The molecule has 4 rings (SSSR count). The highest BCUT2D eigenvalue weighted by Crippen LogP contribution is 2.34. The minimum atomic E-state index is -0.370. The molecule has 0 fully saturated rings. The van der Waals surface area contributed by atoms with Gasteiger partial charge in [-0.25, -0.2) is 4.79 Å². The summed E-state index contributed by atoms with van der Waals surface area (Å²) in [6, 6.07) is 13.5. The van der Waals surface area contributed by atoms with E-state index < -0.39 is 0 Å². The zero-order valence-corrected chi connectivity index (χ0v) is 16.9. The van der Waals surface area contributed by atoms with E-state index in [-0.39, 0.29) is 17.5 Å². The van der Waals surface area contributed by atoms with Crippen LogP contribution in [0.15, 0.2) is 57.7 Å². The second-order valence-corrected chi connectivity index (χ2v) is 7.23. The summed E-state index contributed by atoms with van der Waals surface area (Å²) >= 11 is 0. The molecular formula is C23H25NO6. The number of hydrogen-bond acceptors (Lipinski definition) is 7. The number of hydrogen-bond donors (Lipinski definition) is 1. The Bertz CT molecular complexity index is 1060. The lowest BCUT2D eigenvalue weighted by Gasteiger charge is -2.30. The van der Waals surface area contributed by atoms with E-state index in [2.05, 4.69) is 11.8 Å². The van der Waals surface area contributed by atoms with Crippen molar-refractivity contribution in [3.8, 4) is 23.0 Å². The van der Waals surface area contributed by atoms with Gasteiger partial charge in [-0.05, 0) is 43.3 Å². The molecule has 1 aromatic heterocycles. The van der Waals surface area contributed by atoms with Gasteiger partial charge >= 0.3 is 5.63 Å². The summed E-state index contributed by atoms with van der Waals surface area (Å²) in [4.78, 5) is 13.6. The quantitative estimate of drug-likeness (QED) is 0.449. The highest BCUT2D eigenvalue weighted by molar-refractivity contribution is 5.77. The van der Waals surface area contributed by atoms with Gasteiger partial charge in [0, 0.05) is 36.7 Å². The summed E-state index contributed by atoms with van der Waals surface area (Å²) in [6.07, 6.45) is 0.749. The van der Waals surface area contributed by atoms with Gasteiger partial charge in [-0.2, -0.15) is 0 Å². The maximum Gasteiger partial charge on any atom is 0.336 e. The number of phenolic OH excluding ortho intramolecular Hbond substituents is 1. The average molecular weight is 411 g/mol.